The highest BCUT2D eigenvalue weighted by Gasteiger charge is 2.00. The van der Waals surface area contributed by atoms with Crippen molar-refractivity contribution in [1.82, 2.24) is 0 Å². The number of rotatable bonds is 5. The van der Waals surface area contributed by atoms with E-state index in [1.807, 2.05) is 43.7 Å². The van der Waals surface area contributed by atoms with Crippen molar-refractivity contribution >= 4 is 0 Å². The highest BCUT2D eigenvalue weighted by Crippen LogP contribution is 2.03. The average molecular weight is 178 g/mol. The molecule has 0 aromatic heterocycles. The van der Waals surface area contributed by atoms with Crippen LogP contribution in [0.25, 0.3) is 0 Å². The summed E-state index contributed by atoms with van der Waals surface area (Å²) in [5.41, 5.74) is 6.84. The van der Waals surface area contributed by atoms with Crippen LogP contribution in [-0.2, 0) is 11.3 Å². The van der Waals surface area contributed by atoms with Crippen LogP contribution in [0.2, 0.25) is 0 Å². The lowest BCUT2D eigenvalue weighted by molar-refractivity contribution is 0.0448. The fourth-order valence-corrected chi connectivity index (χ4v) is 1.08. The molecule has 1 rings (SSSR count). The summed E-state index contributed by atoms with van der Waals surface area (Å²) in [7, 11) is 0. The number of ether oxygens (including phenoxy) is 1. The molecular formula is C11H16NO. The van der Waals surface area contributed by atoms with Crippen LogP contribution in [0, 0.1) is 6.42 Å². The van der Waals surface area contributed by atoms with E-state index in [1.54, 1.807) is 0 Å². The molecule has 2 N–H and O–H groups in total. The quantitative estimate of drug-likeness (QED) is 0.701. The minimum atomic E-state index is -0.176. The largest absolute Gasteiger partial charge is 0.359 e. The lowest BCUT2D eigenvalue weighted by Crippen LogP contribution is -2.23. The molecule has 0 saturated heterocycles. The summed E-state index contributed by atoms with van der Waals surface area (Å²) in [6, 6.07) is 10.0. The van der Waals surface area contributed by atoms with Crippen molar-refractivity contribution in [1.29, 1.82) is 0 Å². The molecule has 13 heavy (non-hydrogen) atoms. The van der Waals surface area contributed by atoms with E-state index in [9.17, 15) is 0 Å². The summed E-state index contributed by atoms with van der Waals surface area (Å²) in [6.45, 7) is 2.57. The molecule has 0 aliphatic rings. The Balaban J connectivity index is 2.27. The van der Waals surface area contributed by atoms with Crippen LogP contribution < -0.4 is 5.73 Å². The van der Waals surface area contributed by atoms with Gasteiger partial charge in [-0.25, -0.2) is 0 Å². The van der Waals surface area contributed by atoms with Gasteiger partial charge in [0.2, 0.25) is 0 Å². The van der Waals surface area contributed by atoms with E-state index in [2.05, 4.69) is 0 Å². The maximum absolute atomic E-state index is 5.68. The molecule has 71 valence electrons. The Morgan fingerprint density at radius 1 is 1.38 bits per heavy atom. The molecule has 1 aromatic rings. The van der Waals surface area contributed by atoms with Gasteiger partial charge in [-0.05, 0) is 18.4 Å². The predicted molar refractivity (Wildman–Crippen MR) is 53.8 cm³/mol. The second-order valence-corrected chi connectivity index (χ2v) is 2.98. The molecule has 1 aromatic carbocycles. The van der Waals surface area contributed by atoms with E-state index in [-0.39, 0.29) is 6.23 Å². The molecular weight excluding hydrogens is 162 g/mol. The molecule has 0 saturated carbocycles. The molecule has 0 amide bonds. The average Bonchev–Trinajstić information content (AvgIpc) is 2.17. The Kier molecular flexibility index (Phi) is 4.50. The zero-order valence-corrected chi connectivity index (χ0v) is 7.94. The minimum Gasteiger partial charge on any atom is -0.359 e. The highest BCUT2D eigenvalue weighted by atomic mass is 16.5. The van der Waals surface area contributed by atoms with Gasteiger partial charge in [0.25, 0.3) is 0 Å². The molecule has 2 nitrogen and oxygen atoms in total. The molecule has 0 heterocycles. The van der Waals surface area contributed by atoms with Gasteiger partial charge in [-0.15, -0.1) is 0 Å². The third kappa shape index (κ3) is 4.06. The van der Waals surface area contributed by atoms with Gasteiger partial charge in [0.15, 0.2) is 0 Å². The molecule has 1 radical (unpaired) electrons. The summed E-state index contributed by atoms with van der Waals surface area (Å²) >= 11 is 0. The lowest BCUT2D eigenvalue weighted by Gasteiger charge is -2.11. The van der Waals surface area contributed by atoms with E-state index in [4.69, 9.17) is 10.5 Å². The molecule has 0 aliphatic carbocycles. The third-order valence-corrected chi connectivity index (χ3v) is 1.77. The van der Waals surface area contributed by atoms with Crippen molar-refractivity contribution in [2.75, 3.05) is 0 Å². The fraction of sp³-hybridized carbons (Fsp3) is 0.364. The first-order valence-corrected chi connectivity index (χ1v) is 4.52. The molecule has 0 spiro atoms. The first-order chi connectivity index (χ1) is 6.33. The molecule has 1 atom stereocenters. The van der Waals surface area contributed by atoms with Gasteiger partial charge >= 0.3 is 0 Å². The first kappa shape index (κ1) is 10.2. The van der Waals surface area contributed by atoms with Gasteiger partial charge in [-0.1, -0.05) is 37.3 Å². The van der Waals surface area contributed by atoms with Crippen LogP contribution in [0.15, 0.2) is 30.3 Å². The molecule has 0 unspecified atom stereocenters. The van der Waals surface area contributed by atoms with Crippen LogP contribution in [0.1, 0.15) is 18.9 Å². The lowest BCUT2D eigenvalue weighted by atomic mass is 10.2. The van der Waals surface area contributed by atoms with Crippen LogP contribution in [0.5, 0.6) is 0 Å². The van der Waals surface area contributed by atoms with E-state index >= 15 is 0 Å². The van der Waals surface area contributed by atoms with E-state index in [1.165, 1.54) is 0 Å². The van der Waals surface area contributed by atoms with Gasteiger partial charge < -0.3 is 10.5 Å². The zero-order chi connectivity index (χ0) is 9.52. The van der Waals surface area contributed by atoms with Crippen LogP contribution in [0.4, 0.5) is 0 Å². The Morgan fingerprint density at radius 2 is 2.08 bits per heavy atom. The predicted octanol–water partition coefficient (Wildman–Crippen LogP) is 2.10. The maximum atomic E-state index is 5.68. The second-order valence-electron chi connectivity index (χ2n) is 2.98. The zero-order valence-electron chi connectivity index (χ0n) is 7.94. The van der Waals surface area contributed by atoms with Gasteiger partial charge in [0, 0.05) is 0 Å². The fourth-order valence-electron chi connectivity index (χ4n) is 1.08. The van der Waals surface area contributed by atoms with Gasteiger partial charge in [0.05, 0.1) is 6.61 Å². The maximum Gasteiger partial charge on any atom is 0.106 e. The van der Waals surface area contributed by atoms with Crippen molar-refractivity contribution in [3.63, 3.8) is 0 Å². The normalized spacial score (nSPS) is 12.8. The number of nitrogens with two attached hydrogens (primary N) is 1. The highest BCUT2D eigenvalue weighted by molar-refractivity contribution is 5.13. The van der Waals surface area contributed by atoms with E-state index in [0.717, 1.165) is 12.0 Å². The minimum absolute atomic E-state index is 0.176. The molecule has 2 heteroatoms. The summed E-state index contributed by atoms with van der Waals surface area (Å²) in [5.74, 6) is 0. The van der Waals surface area contributed by atoms with Gasteiger partial charge in [0.1, 0.15) is 6.23 Å². The van der Waals surface area contributed by atoms with Crippen molar-refractivity contribution < 1.29 is 4.74 Å². The monoisotopic (exact) mass is 178 g/mol. The molecule has 0 bridgehead atoms. The SMILES string of the molecule is C[CH]C[C@H](N)OCc1ccccc1. The number of hydrogen-bond acceptors (Lipinski definition) is 2. The van der Waals surface area contributed by atoms with Crippen LogP contribution in [0.3, 0.4) is 0 Å². The summed E-state index contributed by atoms with van der Waals surface area (Å²) in [4.78, 5) is 0. The molecule has 0 fully saturated rings. The van der Waals surface area contributed by atoms with Crippen molar-refractivity contribution in [2.24, 2.45) is 5.73 Å². The van der Waals surface area contributed by atoms with Crippen molar-refractivity contribution in [2.45, 2.75) is 26.2 Å². The topological polar surface area (TPSA) is 35.2 Å². The van der Waals surface area contributed by atoms with Crippen LogP contribution in [-0.4, -0.2) is 6.23 Å². The van der Waals surface area contributed by atoms with Gasteiger partial charge in [-0.2, -0.15) is 0 Å². The van der Waals surface area contributed by atoms with Crippen molar-refractivity contribution in [3.05, 3.63) is 42.3 Å². The van der Waals surface area contributed by atoms with E-state index < -0.39 is 0 Å². The summed E-state index contributed by atoms with van der Waals surface area (Å²) in [5, 5.41) is 0. The summed E-state index contributed by atoms with van der Waals surface area (Å²) < 4.78 is 5.41. The summed E-state index contributed by atoms with van der Waals surface area (Å²) in [6.07, 6.45) is 2.63. The smallest absolute Gasteiger partial charge is 0.106 e. The molecule has 0 aliphatic heterocycles. The van der Waals surface area contributed by atoms with Crippen molar-refractivity contribution in [3.8, 4) is 0 Å². The van der Waals surface area contributed by atoms with E-state index in [0.29, 0.717) is 6.61 Å². The van der Waals surface area contributed by atoms with Gasteiger partial charge in [-0.3, -0.25) is 0 Å². The Hall–Kier alpha value is -0.860. The first-order valence-electron chi connectivity index (χ1n) is 4.52. The van der Waals surface area contributed by atoms with Crippen LogP contribution >= 0.6 is 0 Å². The second kappa shape index (κ2) is 5.73. The Morgan fingerprint density at radius 3 is 2.69 bits per heavy atom. The Bertz CT molecular complexity index is 223. The standard InChI is InChI=1S/C11H16NO/c1-2-6-11(12)13-9-10-7-4-3-5-8-10/h2-5,7-8,11H,6,9,12H2,1H3/t11-/m1/s1. The Labute approximate surface area is 79.7 Å². The number of benzene rings is 1. The number of hydrogen-bond donors (Lipinski definition) is 1. The third-order valence-electron chi connectivity index (χ3n) is 1.77.